The molecule has 0 amide bonds. The first-order chi connectivity index (χ1) is 10.0. The number of rotatable bonds is 1. The van der Waals surface area contributed by atoms with Gasteiger partial charge in [0.15, 0.2) is 0 Å². The first-order valence-corrected chi connectivity index (χ1v) is 7.81. The Kier molecular flexibility index (Phi) is 3.80. The predicted molar refractivity (Wildman–Crippen MR) is 90.9 cm³/mol. The number of benzene rings is 2. The van der Waals surface area contributed by atoms with Gasteiger partial charge < -0.3 is 0 Å². The van der Waals surface area contributed by atoms with Gasteiger partial charge in [-0.05, 0) is 23.8 Å². The first-order valence-electron chi connectivity index (χ1n) is 7.81. The number of hydrogen-bond donors (Lipinski definition) is 0. The summed E-state index contributed by atoms with van der Waals surface area (Å²) in [5.74, 6) is 0. The number of aryl methyl sites for hydroxylation is 1. The largest absolute Gasteiger partial charge is 1.00 e. The third-order valence-corrected chi connectivity index (χ3v) is 4.74. The third-order valence-electron chi connectivity index (χ3n) is 4.74. The first kappa shape index (κ1) is 15.5. The molecule has 0 saturated heterocycles. The Hall–Kier alpha value is -1.35. The van der Waals surface area contributed by atoms with Gasteiger partial charge in [0.25, 0.3) is 0 Å². The van der Waals surface area contributed by atoms with Gasteiger partial charge in [0.2, 0.25) is 0 Å². The SMILES string of the molecule is Cc1cc2c(-c3ccccc3)c3c(cc2[cH-]1)CC(C)(C)C3.[Li+]. The van der Waals surface area contributed by atoms with Crippen LogP contribution in [-0.2, 0) is 12.8 Å². The van der Waals surface area contributed by atoms with Crippen LogP contribution in [0.5, 0.6) is 0 Å². The van der Waals surface area contributed by atoms with E-state index in [2.05, 4.69) is 69.3 Å². The Morgan fingerprint density at radius 3 is 2.45 bits per heavy atom. The fraction of sp³-hybridized carbons (Fsp3) is 0.286. The van der Waals surface area contributed by atoms with Gasteiger partial charge in [0, 0.05) is 0 Å². The summed E-state index contributed by atoms with van der Waals surface area (Å²) in [6.07, 6.45) is 2.38. The predicted octanol–water partition coefficient (Wildman–Crippen LogP) is 2.66. The molecule has 0 heterocycles. The van der Waals surface area contributed by atoms with Crippen molar-refractivity contribution in [2.24, 2.45) is 5.41 Å². The van der Waals surface area contributed by atoms with Gasteiger partial charge in [0.1, 0.15) is 0 Å². The summed E-state index contributed by atoms with van der Waals surface area (Å²) in [6.45, 7) is 6.97. The molecule has 1 aliphatic rings. The maximum Gasteiger partial charge on any atom is 1.00 e. The van der Waals surface area contributed by atoms with Crippen molar-refractivity contribution in [3.63, 3.8) is 0 Å². The smallest absolute Gasteiger partial charge is 0.165 e. The van der Waals surface area contributed by atoms with Crippen molar-refractivity contribution in [1.82, 2.24) is 0 Å². The fourth-order valence-electron chi connectivity index (χ4n) is 3.96. The molecule has 0 nitrogen and oxygen atoms in total. The van der Waals surface area contributed by atoms with Crippen molar-refractivity contribution in [3.05, 3.63) is 65.2 Å². The zero-order chi connectivity index (χ0) is 14.6. The number of hydrogen-bond acceptors (Lipinski definition) is 0. The van der Waals surface area contributed by atoms with Gasteiger partial charge in [-0.2, -0.15) is 6.07 Å². The molecule has 0 atom stereocenters. The van der Waals surface area contributed by atoms with E-state index in [1.165, 1.54) is 40.3 Å². The summed E-state index contributed by atoms with van der Waals surface area (Å²) in [7, 11) is 0. The molecule has 3 aromatic carbocycles. The molecule has 1 aliphatic carbocycles. The summed E-state index contributed by atoms with van der Waals surface area (Å²) in [6, 6.07) is 18.0. The van der Waals surface area contributed by atoms with Crippen LogP contribution in [-0.4, -0.2) is 0 Å². The molecular formula is C21H21Li. The molecule has 0 saturated carbocycles. The van der Waals surface area contributed by atoms with E-state index in [0.29, 0.717) is 5.41 Å². The summed E-state index contributed by atoms with van der Waals surface area (Å²) in [5.41, 5.74) is 7.72. The minimum Gasteiger partial charge on any atom is -0.165 e. The molecule has 0 spiro atoms. The molecule has 0 unspecified atom stereocenters. The van der Waals surface area contributed by atoms with Crippen LogP contribution in [0.2, 0.25) is 0 Å². The minimum atomic E-state index is 0. The van der Waals surface area contributed by atoms with E-state index < -0.39 is 0 Å². The summed E-state index contributed by atoms with van der Waals surface area (Å²) < 4.78 is 0. The van der Waals surface area contributed by atoms with Gasteiger partial charge in [-0.15, -0.1) is 28.5 Å². The Morgan fingerprint density at radius 2 is 1.73 bits per heavy atom. The Labute approximate surface area is 145 Å². The third kappa shape index (κ3) is 2.45. The minimum absolute atomic E-state index is 0. The normalized spacial score (nSPS) is 15.6. The number of fused-ring (bicyclic) bond motifs is 2. The van der Waals surface area contributed by atoms with Crippen molar-refractivity contribution in [1.29, 1.82) is 0 Å². The fourth-order valence-corrected chi connectivity index (χ4v) is 3.96. The quantitative estimate of drug-likeness (QED) is 0.475. The van der Waals surface area contributed by atoms with Crippen LogP contribution in [0.1, 0.15) is 30.5 Å². The van der Waals surface area contributed by atoms with E-state index in [1.54, 1.807) is 11.1 Å². The van der Waals surface area contributed by atoms with E-state index in [0.717, 1.165) is 0 Å². The zero-order valence-corrected chi connectivity index (χ0v) is 14.0. The topological polar surface area (TPSA) is 0 Å². The average Bonchev–Trinajstić information content (AvgIpc) is 2.93. The van der Waals surface area contributed by atoms with E-state index in [1.807, 2.05) is 0 Å². The van der Waals surface area contributed by atoms with Crippen molar-refractivity contribution in [2.45, 2.75) is 33.6 Å². The molecule has 0 radical (unpaired) electrons. The molecule has 0 bridgehead atoms. The second-order valence-corrected chi connectivity index (χ2v) is 7.31. The van der Waals surface area contributed by atoms with E-state index >= 15 is 0 Å². The van der Waals surface area contributed by atoms with Crippen LogP contribution >= 0.6 is 0 Å². The molecule has 1 heteroatoms. The van der Waals surface area contributed by atoms with Crippen LogP contribution < -0.4 is 18.9 Å². The van der Waals surface area contributed by atoms with Gasteiger partial charge in [-0.25, -0.2) is 0 Å². The van der Waals surface area contributed by atoms with Gasteiger partial charge >= 0.3 is 18.9 Å². The molecule has 3 aromatic rings. The summed E-state index contributed by atoms with van der Waals surface area (Å²) in [4.78, 5) is 0. The van der Waals surface area contributed by atoms with Crippen LogP contribution in [0.25, 0.3) is 21.9 Å². The second kappa shape index (κ2) is 5.38. The average molecular weight is 280 g/mol. The van der Waals surface area contributed by atoms with Gasteiger partial charge in [-0.1, -0.05) is 67.8 Å². The van der Waals surface area contributed by atoms with Crippen LogP contribution in [0.4, 0.5) is 0 Å². The maximum absolute atomic E-state index is 2.43. The van der Waals surface area contributed by atoms with E-state index in [-0.39, 0.29) is 18.9 Å². The molecule has 0 aromatic heterocycles. The summed E-state index contributed by atoms with van der Waals surface area (Å²) in [5, 5.41) is 2.83. The Morgan fingerprint density at radius 1 is 1.00 bits per heavy atom. The second-order valence-electron chi connectivity index (χ2n) is 7.31. The molecular weight excluding hydrogens is 259 g/mol. The maximum atomic E-state index is 2.43. The van der Waals surface area contributed by atoms with E-state index in [9.17, 15) is 0 Å². The van der Waals surface area contributed by atoms with Crippen molar-refractivity contribution in [2.75, 3.05) is 0 Å². The standard InChI is InChI=1S/C21H21.Li/c1-14-9-16-11-17-12-21(2,3)13-19(17)20(18(16)10-14)15-7-5-4-6-8-15;/h4-11H,12-13H2,1-3H3;/q-1;+1. The van der Waals surface area contributed by atoms with Gasteiger partial charge in [0.05, 0.1) is 0 Å². The Balaban J connectivity index is 0.00000144. The molecule has 0 fully saturated rings. The molecule has 22 heavy (non-hydrogen) atoms. The van der Waals surface area contributed by atoms with E-state index in [4.69, 9.17) is 0 Å². The van der Waals surface area contributed by atoms with Crippen molar-refractivity contribution in [3.8, 4) is 11.1 Å². The monoisotopic (exact) mass is 280 g/mol. The zero-order valence-electron chi connectivity index (χ0n) is 14.0. The van der Waals surface area contributed by atoms with Gasteiger partial charge in [-0.3, -0.25) is 0 Å². The molecule has 4 rings (SSSR count). The Bertz CT molecular complexity index is 822. The molecule has 106 valence electrons. The van der Waals surface area contributed by atoms with Crippen molar-refractivity contribution >= 4 is 10.8 Å². The van der Waals surface area contributed by atoms with Crippen molar-refractivity contribution < 1.29 is 18.9 Å². The van der Waals surface area contributed by atoms with Crippen LogP contribution in [0, 0.1) is 12.3 Å². The van der Waals surface area contributed by atoms with Crippen LogP contribution in [0.3, 0.4) is 0 Å². The summed E-state index contributed by atoms with van der Waals surface area (Å²) >= 11 is 0. The molecule has 0 N–H and O–H groups in total. The van der Waals surface area contributed by atoms with Crippen LogP contribution in [0.15, 0.2) is 48.5 Å². The molecule has 0 aliphatic heterocycles.